The van der Waals surface area contributed by atoms with E-state index in [-0.39, 0.29) is 21.8 Å². The van der Waals surface area contributed by atoms with Crippen LogP contribution in [0.2, 0.25) is 0 Å². The molecule has 202 valence electrons. The van der Waals surface area contributed by atoms with Crippen molar-refractivity contribution in [1.29, 1.82) is 0 Å². The third kappa shape index (κ3) is 7.08. The molecule has 1 fully saturated rings. The minimum absolute atomic E-state index is 0.0182. The van der Waals surface area contributed by atoms with Crippen molar-refractivity contribution in [2.75, 3.05) is 11.5 Å². The molecule has 37 heavy (non-hydrogen) atoms. The molecular formula is C23H26F3N3O6S2. The highest BCUT2D eigenvalue weighted by Gasteiger charge is 2.38. The second-order valence-corrected chi connectivity index (χ2v) is 13.5. The number of pyridine rings is 1. The van der Waals surface area contributed by atoms with E-state index in [1.54, 1.807) is 30.5 Å². The number of benzene rings is 1. The largest absolute Gasteiger partial charge is 0.490 e. The molecule has 0 bridgehead atoms. The number of carboxylic acid groups (broad SMARTS) is 1. The normalized spacial score (nSPS) is 17.8. The van der Waals surface area contributed by atoms with E-state index < -0.39 is 38.0 Å². The summed E-state index contributed by atoms with van der Waals surface area (Å²) in [6.07, 6.45) is -3.05. The van der Waals surface area contributed by atoms with Crippen LogP contribution in [0.3, 0.4) is 0 Å². The zero-order valence-electron chi connectivity index (χ0n) is 20.1. The second kappa shape index (κ2) is 10.1. The molecular weight excluding hydrogens is 535 g/mol. The Morgan fingerprint density at radius 2 is 1.73 bits per heavy atom. The molecule has 1 aliphatic heterocycles. The topological polar surface area (TPSA) is 146 Å². The summed E-state index contributed by atoms with van der Waals surface area (Å²) < 4.78 is 82.7. The van der Waals surface area contributed by atoms with Gasteiger partial charge < -0.3 is 10.1 Å². The first-order valence-electron chi connectivity index (χ1n) is 11.0. The van der Waals surface area contributed by atoms with Crippen LogP contribution in [0.15, 0.2) is 47.5 Å². The van der Waals surface area contributed by atoms with Gasteiger partial charge in [-0.2, -0.15) is 13.2 Å². The number of halogens is 3. The van der Waals surface area contributed by atoms with Gasteiger partial charge in [-0.15, -0.1) is 0 Å². The van der Waals surface area contributed by atoms with Crippen LogP contribution in [-0.4, -0.2) is 61.6 Å². The Morgan fingerprint density at radius 1 is 1.14 bits per heavy atom. The number of aliphatic carboxylic acids is 1. The van der Waals surface area contributed by atoms with E-state index >= 15 is 0 Å². The fraction of sp³-hybridized carbons (Fsp3) is 0.391. The molecule has 1 atom stereocenters. The van der Waals surface area contributed by atoms with E-state index in [0.717, 1.165) is 27.9 Å². The third-order valence-corrected chi connectivity index (χ3v) is 8.92. The summed E-state index contributed by atoms with van der Waals surface area (Å²) in [5.74, 6) is -2.89. The van der Waals surface area contributed by atoms with Gasteiger partial charge in [0.2, 0.25) is 10.0 Å². The summed E-state index contributed by atoms with van der Waals surface area (Å²) in [5, 5.41) is 8.10. The van der Waals surface area contributed by atoms with Crippen molar-refractivity contribution in [1.82, 2.24) is 14.7 Å². The van der Waals surface area contributed by atoms with Crippen LogP contribution in [0, 0.1) is 0 Å². The quantitative estimate of drug-likeness (QED) is 0.441. The SMILES string of the molecule is CC(C)(C)c1cc2c(-c3ccc(S(=O)(=O)NC4CCS(=O)(=O)C4)cc3)ccnc2[nH]1.O=C(O)C(F)(F)F. The molecule has 3 N–H and O–H groups in total. The van der Waals surface area contributed by atoms with Crippen LogP contribution in [0.25, 0.3) is 22.2 Å². The number of nitrogens with one attached hydrogen (secondary N) is 2. The maximum atomic E-state index is 12.7. The lowest BCUT2D eigenvalue weighted by Gasteiger charge is -2.15. The number of sulfonamides is 1. The van der Waals surface area contributed by atoms with Gasteiger partial charge in [-0.3, -0.25) is 0 Å². The van der Waals surface area contributed by atoms with Gasteiger partial charge in [0.05, 0.1) is 16.4 Å². The molecule has 14 heteroatoms. The fourth-order valence-electron chi connectivity index (χ4n) is 3.67. The Kier molecular flexibility index (Phi) is 7.78. The maximum Gasteiger partial charge on any atom is 0.490 e. The first-order valence-corrected chi connectivity index (χ1v) is 14.3. The fourth-order valence-corrected chi connectivity index (χ4v) is 6.72. The van der Waals surface area contributed by atoms with Gasteiger partial charge >= 0.3 is 12.1 Å². The Bertz CT molecular complexity index is 1510. The van der Waals surface area contributed by atoms with Gasteiger partial charge in [0, 0.05) is 28.7 Å². The molecule has 0 amide bonds. The van der Waals surface area contributed by atoms with Crippen molar-refractivity contribution < 1.29 is 39.9 Å². The van der Waals surface area contributed by atoms with Gasteiger partial charge in [0.1, 0.15) is 5.65 Å². The van der Waals surface area contributed by atoms with Crippen molar-refractivity contribution in [2.24, 2.45) is 0 Å². The smallest absolute Gasteiger partial charge is 0.475 e. The highest BCUT2D eigenvalue weighted by Crippen LogP contribution is 2.32. The molecule has 0 spiro atoms. The summed E-state index contributed by atoms with van der Waals surface area (Å²) >= 11 is 0. The van der Waals surface area contributed by atoms with E-state index in [2.05, 4.69) is 41.5 Å². The lowest BCUT2D eigenvalue weighted by Crippen LogP contribution is -2.35. The number of alkyl halides is 3. The molecule has 4 rings (SSSR count). The van der Waals surface area contributed by atoms with Crippen LogP contribution in [0.5, 0.6) is 0 Å². The van der Waals surface area contributed by atoms with Gasteiger partial charge in [-0.1, -0.05) is 32.9 Å². The predicted molar refractivity (Wildman–Crippen MR) is 131 cm³/mol. The zero-order valence-corrected chi connectivity index (χ0v) is 21.8. The molecule has 0 saturated carbocycles. The number of fused-ring (bicyclic) bond motifs is 1. The molecule has 1 aromatic carbocycles. The van der Waals surface area contributed by atoms with E-state index in [0.29, 0.717) is 6.42 Å². The summed E-state index contributed by atoms with van der Waals surface area (Å²) in [6, 6.07) is 10.0. The highest BCUT2D eigenvalue weighted by molar-refractivity contribution is 7.92. The van der Waals surface area contributed by atoms with Gasteiger partial charge in [0.25, 0.3) is 0 Å². The molecule has 1 unspecified atom stereocenters. The summed E-state index contributed by atoms with van der Waals surface area (Å²) in [6.45, 7) is 6.37. The minimum Gasteiger partial charge on any atom is -0.475 e. The van der Waals surface area contributed by atoms with E-state index in [1.807, 2.05) is 6.07 Å². The molecule has 1 aliphatic rings. The average Bonchev–Trinajstić information content (AvgIpc) is 3.36. The molecule has 0 radical (unpaired) electrons. The lowest BCUT2D eigenvalue weighted by molar-refractivity contribution is -0.192. The first-order chi connectivity index (χ1) is 16.9. The number of nitrogens with zero attached hydrogens (tertiary/aromatic N) is 1. The van der Waals surface area contributed by atoms with Crippen molar-refractivity contribution in [2.45, 2.75) is 49.7 Å². The zero-order chi connectivity index (χ0) is 27.8. The highest BCUT2D eigenvalue weighted by atomic mass is 32.2. The number of aromatic nitrogens is 2. The van der Waals surface area contributed by atoms with E-state index in [9.17, 15) is 30.0 Å². The Hall–Kier alpha value is -2.97. The maximum absolute atomic E-state index is 12.7. The number of aromatic amines is 1. The first kappa shape index (κ1) is 28.6. The number of hydrogen-bond acceptors (Lipinski definition) is 6. The van der Waals surface area contributed by atoms with Gasteiger partial charge in [-0.25, -0.2) is 31.3 Å². The van der Waals surface area contributed by atoms with E-state index in [4.69, 9.17) is 9.90 Å². The molecule has 0 aliphatic carbocycles. The van der Waals surface area contributed by atoms with Crippen LogP contribution in [0.4, 0.5) is 13.2 Å². The standard InChI is InChI=1S/C21H25N3O4S2.C2HF3O2/c1-21(2,3)19-12-18-17(8-10-22-20(18)23-19)14-4-6-16(7-5-14)30(27,28)24-15-9-11-29(25,26)13-15;3-2(4,5)1(6)7/h4-8,10,12,15,24H,9,11,13H2,1-3H3,(H,22,23);(H,6,7). The Balaban J connectivity index is 0.000000479. The predicted octanol–water partition coefficient (Wildman–Crippen LogP) is 3.63. The van der Waals surface area contributed by atoms with Crippen LogP contribution >= 0.6 is 0 Å². The van der Waals surface area contributed by atoms with Crippen LogP contribution in [0.1, 0.15) is 32.9 Å². The minimum atomic E-state index is -5.08. The van der Waals surface area contributed by atoms with Gasteiger partial charge in [-0.05, 0) is 41.8 Å². The van der Waals surface area contributed by atoms with Crippen molar-refractivity contribution in [3.8, 4) is 11.1 Å². The summed E-state index contributed by atoms with van der Waals surface area (Å²) in [5.41, 5.74) is 3.66. The second-order valence-electron chi connectivity index (χ2n) is 9.60. The summed E-state index contributed by atoms with van der Waals surface area (Å²) in [7, 11) is -6.94. The molecule has 9 nitrogen and oxygen atoms in total. The lowest BCUT2D eigenvalue weighted by atomic mass is 9.92. The number of H-pyrrole nitrogens is 1. The number of sulfone groups is 1. The monoisotopic (exact) mass is 561 g/mol. The van der Waals surface area contributed by atoms with Crippen molar-refractivity contribution in [3.63, 3.8) is 0 Å². The molecule has 1 saturated heterocycles. The molecule has 3 aromatic rings. The molecule has 3 heterocycles. The summed E-state index contributed by atoms with van der Waals surface area (Å²) in [4.78, 5) is 16.8. The number of carbonyl (C=O) groups is 1. The Morgan fingerprint density at radius 3 is 2.22 bits per heavy atom. The van der Waals surface area contributed by atoms with Crippen molar-refractivity contribution >= 4 is 36.9 Å². The third-order valence-electron chi connectivity index (χ3n) is 5.61. The van der Waals surface area contributed by atoms with Crippen molar-refractivity contribution in [3.05, 3.63) is 48.3 Å². The number of rotatable bonds is 4. The molecule has 2 aromatic heterocycles. The number of carboxylic acids is 1. The number of hydrogen-bond donors (Lipinski definition) is 3. The average molecular weight is 562 g/mol. The van der Waals surface area contributed by atoms with E-state index in [1.165, 1.54) is 0 Å². The van der Waals surface area contributed by atoms with Crippen LogP contribution in [-0.2, 0) is 30.1 Å². The Labute approximate surface area is 212 Å². The van der Waals surface area contributed by atoms with Crippen LogP contribution < -0.4 is 4.72 Å². The van der Waals surface area contributed by atoms with Gasteiger partial charge in [0.15, 0.2) is 9.84 Å².